The number of aliphatic hydroxyl groups excluding tert-OH is 1. The minimum absolute atomic E-state index is 0.00990. The van der Waals surface area contributed by atoms with Gasteiger partial charge in [-0.2, -0.15) is 0 Å². The molecule has 13 heteroatoms. The second-order valence-corrected chi connectivity index (χ2v) is 17.5. The van der Waals surface area contributed by atoms with Crippen molar-refractivity contribution in [2.75, 3.05) is 13.1 Å². The number of carboxylic acid groups (broad SMARTS) is 1. The van der Waals surface area contributed by atoms with E-state index in [-0.39, 0.29) is 31.2 Å². The fraction of sp³-hybridized carbons (Fsp3) is 0.413. The van der Waals surface area contributed by atoms with Crippen LogP contribution in [0.3, 0.4) is 0 Å². The molecular formula is C46H58N6O7. The van der Waals surface area contributed by atoms with Crippen molar-refractivity contribution in [2.45, 2.75) is 97.6 Å². The number of hydrogen-bond donors (Lipinski definition) is 6. The van der Waals surface area contributed by atoms with Crippen molar-refractivity contribution in [3.05, 3.63) is 120 Å². The maximum atomic E-state index is 14.5. The SMILES string of the molecule is CC(C)(C)[C@H](NC(=O)O)C(=O)N[C@@H](Cc1ccc(-c2ccccn2)cc1)C[C@H](O)[C@H](Cc1ccccc1)NC(=O)[C@@H](N1CCN(Cc2cccc(O)c2)C1=O)C(C)(C)C. The molecule has 59 heavy (non-hydrogen) atoms. The molecule has 1 aliphatic heterocycles. The van der Waals surface area contributed by atoms with Crippen LogP contribution in [-0.2, 0) is 29.0 Å². The average Bonchev–Trinajstić information content (AvgIpc) is 3.51. The molecule has 0 radical (unpaired) electrons. The molecule has 4 aromatic rings. The van der Waals surface area contributed by atoms with Gasteiger partial charge in [0.25, 0.3) is 0 Å². The molecule has 1 aliphatic rings. The maximum absolute atomic E-state index is 14.5. The highest BCUT2D eigenvalue weighted by atomic mass is 16.4. The Bertz CT molecular complexity index is 2030. The maximum Gasteiger partial charge on any atom is 0.405 e. The number of hydrogen-bond acceptors (Lipinski definition) is 7. The third kappa shape index (κ3) is 12.3. The fourth-order valence-electron chi connectivity index (χ4n) is 7.64. The molecule has 3 aromatic carbocycles. The Kier molecular flexibility index (Phi) is 14.4. The standard InChI is InChI=1S/C46H58N6O7/c1-45(2,3)39(50-43(57)58)41(55)48-34(25-31-18-20-33(21-19-31)36-17-10-11-22-47-36)28-38(54)37(27-30-13-8-7-9-14-30)49-42(56)40(46(4,5)6)52-24-23-51(44(52)59)29-32-15-12-16-35(53)26-32/h7-22,26,34,37-40,50,53-54H,23-25,27-29H2,1-6H3,(H,48,55)(H,49,56)(H,57,58)/t34-,37-,38-,39+,40+/m0/s1. The molecule has 5 rings (SSSR count). The second-order valence-electron chi connectivity index (χ2n) is 17.5. The van der Waals surface area contributed by atoms with E-state index in [9.17, 15) is 34.5 Å². The van der Waals surface area contributed by atoms with E-state index < -0.39 is 59.0 Å². The fourth-order valence-corrected chi connectivity index (χ4v) is 7.64. The van der Waals surface area contributed by atoms with Crippen LogP contribution in [-0.4, -0.2) is 97.4 Å². The van der Waals surface area contributed by atoms with E-state index in [0.717, 1.165) is 27.9 Å². The predicted octanol–water partition coefficient (Wildman–Crippen LogP) is 5.99. The highest BCUT2D eigenvalue weighted by molar-refractivity contribution is 5.89. The highest BCUT2D eigenvalue weighted by Crippen LogP contribution is 2.30. The summed E-state index contributed by atoms with van der Waals surface area (Å²) in [6.07, 6.45) is -0.237. The number of urea groups is 1. The number of amides is 5. The first kappa shape index (κ1) is 44.2. The molecule has 1 aromatic heterocycles. The summed E-state index contributed by atoms with van der Waals surface area (Å²) in [5.74, 6) is -0.858. The van der Waals surface area contributed by atoms with Crippen LogP contribution in [0.25, 0.3) is 11.3 Å². The van der Waals surface area contributed by atoms with Crippen molar-refractivity contribution < 1.29 is 34.5 Å². The van der Waals surface area contributed by atoms with Gasteiger partial charge in [-0.25, -0.2) is 9.59 Å². The van der Waals surface area contributed by atoms with E-state index in [4.69, 9.17) is 0 Å². The van der Waals surface area contributed by atoms with Crippen molar-refractivity contribution in [3.8, 4) is 17.0 Å². The number of aliphatic hydroxyl groups is 1. The summed E-state index contributed by atoms with van der Waals surface area (Å²) in [6, 6.07) is 25.8. The predicted molar refractivity (Wildman–Crippen MR) is 226 cm³/mol. The molecular weight excluding hydrogens is 749 g/mol. The van der Waals surface area contributed by atoms with E-state index in [2.05, 4.69) is 20.9 Å². The number of pyridine rings is 1. The zero-order valence-corrected chi connectivity index (χ0v) is 34.8. The van der Waals surface area contributed by atoms with Crippen molar-refractivity contribution in [3.63, 3.8) is 0 Å². The van der Waals surface area contributed by atoms with Crippen LogP contribution in [0.5, 0.6) is 5.75 Å². The lowest BCUT2D eigenvalue weighted by Gasteiger charge is -2.38. The number of aromatic hydroxyl groups is 1. The molecule has 2 heterocycles. The van der Waals surface area contributed by atoms with E-state index in [1.807, 2.05) is 99.6 Å². The molecule has 0 bridgehead atoms. The zero-order chi connectivity index (χ0) is 42.9. The Morgan fingerprint density at radius 2 is 1.41 bits per heavy atom. The largest absolute Gasteiger partial charge is 0.508 e. The van der Waals surface area contributed by atoms with Gasteiger partial charge in [0, 0.05) is 37.4 Å². The average molecular weight is 807 g/mol. The normalized spacial score (nSPS) is 15.8. The summed E-state index contributed by atoms with van der Waals surface area (Å²) in [4.78, 5) is 61.7. The van der Waals surface area contributed by atoms with Gasteiger partial charge in [0.2, 0.25) is 11.8 Å². The zero-order valence-electron chi connectivity index (χ0n) is 34.8. The van der Waals surface area contributed by atoms with E-state index >= 15 is 0 Å². The van der Waals surface area contributed by atoms with Crippen LogP contribution < -0.4 is 16.0 Å². The molecule has 0 saturated carbocycles. The molecule has 0 unspecified atom stereocenters. The Balaban J connectivity index is 1.41. The molecule has 314 valence electrons. The number of carbonyl (C=O) groups is 4. The number of aromatic nitrogens is 1. The summed E-state index contributed by atoms with van der Waals surface area (Å²) in [5, 5.41) is 40.2. The molecule has 5 atom stereocenters. The first-order chi connectivity index (χ1) is 27.9. The number of rotatable bonds is 16. The van der Waals surface area contributed by atoms with Gasteiger partial charge in [-0.15, -0.1) is 0 Å². The highest BCUT2D eigenvalue weighted by Gasteiger charge is 2.44. The Hall–Kier alpha value is -5.95. The molecule has 1 saturated heterocycles. The molecule has 13 nitrogen and oxygen atoms in total. The number of carbonyl (C=O) groups excluding carboxylic acids is 3. The number of phenols is 1. The van der Waals surface area contributed by atoms with E-state index in [1.54, 1.807) is 55.0 Å². The number of benzene rings is 3. The lowest BCUT2D eigenvalue weighted by molar-refractivity contribution is -0.131. The summed E-state index contributed by atoms with van der Waals surface area (Å²) < 4.78 is 0. The van der Waals surface area contributed by atoms with Gasteiger partial charge in [0.05, 0.1) is 17.8 Å². The third-order valence-corrected chi connectivity index (χ3v) is 10.5. The van der Waals surface area contributed by atoms with Gasteiger partial charge in [0.1, 0.15) is 17.8 Å². The van der Waals surface area contributed by atoms with Gasteiger partial charge in [-0.1, -0.05) is 114 Å². The van der Waals surface area contributed by atoms with Crippen LogP contribution in [0.4, 0.5) is 9.59 Å². The second kappa shape index (κ2) is 19.2. The Morgan fingerprint density at radius 3 is 2.02 bits per heavy atom. The van der Waals surface area contributed by atoms with Crippen molar-refractivity contribution in [1.82, 2.24) is 30.7 Å². The van der Waals surface area contributed by atoms with Gasteiger partial charge in [0.15, 0.2) is 0 Å². The number of nitrogens with one attached hydrogen (secondary N) is 3. The lowest BCUT2D eigenvalue weighted by Crippen LogP contribution is -2.59. The monoisotopic (exact) mass is 806 g/mol. The number of phenolic OH excluding ortho intramolecular Hbond substituents is 1. The quantitative estimate of drug-likeness (QED) is 0.0797. The molecule has 6 N–H and O–H groups in total. The Labute approximate surface area is 346 Å². The van der Waals surface area contributed by atoms with Gasteiger partial charge in [-0.3, -0.25) is 14.6 Å². The van der Waals surface area contributed by atoms with Crippen LogP contribution in [0.2, 0.25) is 0 Å². The van der Waals surface area contributed by atoms with Crippen LogP contribution in [0, 0.1) is 10.8 Å². The van der Waals surface area contributed by atoms with Crippen LogP contribution in [0.1, 0.15) is 64.7 Å². The number of nitrogens with zero attached hydrogens (tertiary/aromatic N) is 3. The first-order valence-electron chi connectivity index (χ1n) is 20.0. The van der Waals surface area contributed by atoms with Gasteiger partial charge in [-0.05, 0) is 71.0 Å². The minimum Gasteiger partial charge on any atom is -0.508 e. The summed E-state index contributed by atoms with van der Waals surface area (Å²) in [5.41, 5.74) is 2.74. The van der Waals surface area contributed by atoms with Crippen LogP contribution in [0.15, 0.2) is 103 Å². The van der Waals surface area contributed by atoms with Gasteiger partial charge >= 0.3 is 12.1 Å². The minimum atomic E-state index is -1.33. The smallest absolute Gasteiger partial charge is 0.405 e. The van der Waals surface area contributed by atoms with Gasteiger partial charge < -0.3 is 41.1 Å². The van der Waals surface area contributed by atoms with Crippen molar-refractivity contribution in [1.29, 1.82) is 0 Å². The van der Waals surface area contributed by atoms with E-state index in [1.165, 1.54) is 0 Å². The Morgan fingerprint density at radius 1 is 0.746 bits per heavy atom. The van der Waals surface area contributed by atoms with E-state index in [0.29, 0.717) is 19.5 Å². The molecule has 0 aliphatic carbocycles. The third-order valence-electron chi connectivity index (χ3n) is 10.5. The first-order valence-corrected chi connectivity index (χ1v) is 20.0. The lowest BCUT2D eigenvalue weighted by atomic mass is 9.84. The van der Waals surface area contributed by atoms with Crippen molar-refractivity contribution in [2.24, 2.45) is 10.8 Å². The summed E-state index contributed by atoms with van der Waals surface area (Å²) in [7, 11) is 0. The molecule has 1 fully saturated rings. The van der Waals surface area contributed by atoms with Crippen LogP contribution >= 0.6 is 0 Å². The topological polar surface area (TPSA) is 184 Å². The summed E-state index contributed by atoms with van der Waals surface area (Å²) in [6.45, 7) is 12.0. The molecule has 0 spiro atoms. The summed E-state index contributed by atoms with van der Waals surface area (Å²) >= 11 is 0. The van der Waals surface area contributed by atoms with Crippen molar-refractivity contribution >= 4 is 23.9 Å². The molecule has 5 amide bonds.